The summed E-state index contributed by atoms with van der Waals surface area (Å²) in [5, 5.41) is 12.0. The first-order valence-electron chi connectivity index (χ1n) is 7.55. The van der Waals surface area contributed by atoms with Gasteiger partial charge in [0.25, 0.3) is 0 Å². The molecule has 3 amide bonds. The molecule has 2 heterocycles. The van der Waals surface area contributed by atoms with Crippen LogP contribution < -0.4 is 5.32 Å². The molecule has 0 radical (unpaired) electrons. The highest BCUT2D eigenvalue weighted by molar-refractivity contribution is 7.15. The third-order valence-corrected chi connectivity index (χ3v) is 4.32. The van der Waals surface area contributed by atoms with Crippen LogP contribution in [-0.4, -0.2) is 39.4 Å². The normalized spacial score (nSPS) is 14.7. The van der Waals surface area contributed by atoms with Crippen molar-refractivity contribution in [2.45, 2.75) is 51.9 Å². The molecule has 0 aromatic carbocycles. The topological polar surface area (TPSA) is 92.3 Å². The average Bonchev–Trinajstić information content (AvgIpc) is 3.05. The van der Waals surface area contributed by atoms with E-state index in [-0.39, 0.29) is 43.5 Å². The summed E-state index contributed by atoms with van der Waals surface area (Å²) in [7, 11) is 0. The predicted molar refractivity (Wildman–Crippen MR) is 82.3 cm³/mol. The van der Waals surface area contributed by atoms with Crippen LogP contribution in [0.3, 0.4) is 0 Å². The SMILES string of the molecule is CCCCCc1nnc(NC(=O)CCN2C(=O)CCC2=O)s1. The molecule has 7 nitrogen and oxygen atoms in total. The van der Waals surface area contributed by atoms with E-state index in [0.717, 1.165) is 35.6 Å². The molecule has 120 valence electrons. The molecule has 22 heavy (non-hydrogen) atoms. The molecule has 1 aliphatic heterocycles. The fourth-order valence-electron chi connectivity index (χ4n) is 2.20. The van der Waals surface area contributed by atoms with E-state index in [4.69, 9.17) is 0 Å². The van der Waals surface area contributed by atoms with Crippen LogP contribution in [0.2, 0.25) is 0 Å². The number of aryl methyl sites for hydroxylation is 1. The van der Waals surface area contributed by atoms with Gasteiger partial charge >= 0.3 is 0 Å². The molecule has 1 saturated heterocycles. The van der Waals surface area contributed by atoms with E-state index in [1.54, 1.807) is 0 Å². The molecule has 0 unspecified atom stereocenters. The molecule has 0 aliphatic carbocycles. The first kappa shape index (κ1) is 16.5. The molecule has 0 saturated carbocycles. The lowest BCUT2D eigenvalue weighted by Gasteiger charge is -2.12. The van der Waals surface area contributed by atoms with Crippen molar-refractivity contribution < 1.29 is 14.4 Å². The van der Waals surface area contributed by atoms with Crippen molar-refractivity contribution in [1.82, 2.24) is 15.1 Å². The largest absolute Gasteiger partial charge is 0.300 e. The van der Waals surface area contributed by atoms with Crippen LogP contribution >= 0.6 is 11.3 Å². The third-order valence-electron chi connectivity index (χ3n) is 3.42. The Balaban J connectivity index is 1.75. The summed E-state index contributed by atoms with van der Waals surface area (Å²) < 4.78 is 0. The summed E-state index contributed by atoms with van der Waals surface area (Å²) in [4.78, 5) is 35.9. The number of unbranched alkanes of at least 4 members (excludes halogenated alkanes) is 2. The molecule has 0 atom stereocenters. The van der Waals surface area contributed by atoms with Crippen LogP contribution in [-0.2, 0) is 20.8 Å². The van der Waals surface area contributed by atoms with E-state index >= 15 is 0 Å². The fourth-order valence-corrected chi connectivity index (χ4v) is 3.00. The Morgan fingerprint density at radius 2 is 1.95 bits per heavy atom. The van der Waals surface area contributed by atoms with Gasteiger partial charge in [0.1, 0.15) is 5.01 Å². The number of carbonyl (C=O) groups is 3. The lowest BCUT2D eigenvalue weighted by molar-refractivity contribution is -0.138. The molecule has 8 heteroatoms. The minimum Gasteiger partial charge on any atom is -0.300 e. The second kappa shape index (κ2) is 7.98. The second-order valence-electron chi connectivity index (χ2n) is 5.20. The Morgan fingerprint density at radius 1 is 1.23 bits per heavy atom. The van der Waals surface area contributed by atoms with Crippen LogP contribution in [0.5, 0.6) is 0 Å². The first-order valence-corrected chi connectivity index (χ1v) is 8.37. The Labute approximate surface area is 133 Å². The molecule has 0 bridgehead atoms. The molecule has 1 N–H and O–H groups in total. The summed E-state index contributed by atoms with van der Waals surface area (Å²) in [5.74, 6) is -0.664. The number of hydrogen-bond donors (Lipinski definition) is 1. The first-order chi connectivity index (χ1) is 10.6. The van der Waals surface area contributed by atoms with Gasteiger partial charge in [-0.25, -0.2) is 0 Å². The van der Waals surface area contributed by atoms with E-state index in [1.165, 1.54) is 11.3 Å². The summed E-state index contributed by atoms with van der Waals surface area (Å²) >= 11 is 1.37. The van der Waals surface area contributed by atoms with Crippen molar-refractivity contribution in [1.29, 1.82) is 0 Å². The van der Waals surface area contributed by atoms with E-state index in [9.17, 15) is 14.4 Å². The number of anilines is 1. The predicted octanol–water partition coefficient (Wildman–Crippen LogP) is 1.75. The van der Waals surface area contributed by atoms with Crippen molar-refractivity contribution in [3.63, 3.8) is 0 Å². The standard InChI is InChI=1S/C14H20N4O3S/c1-2-3-4-5-11-16-17-14(22-11)15-10(19)8-9-18-12(20)6-7-13(18)21/h2-9H2,1H3,(H,15,17,19). The maximum atomic E-state index is 11.8. The van der Waals surface area contributed by atoms with Crippen LogP contribution in [0.1, 0.15) is 50.5 Å². The third kappa shape index (κ3) is 4.59. The maximum absolute atomic E-state index is 11.8. The van der Waals surface area contributed by atoms with Gasteiger partial charge in [0.15, 0.2) is 0 Å². The molecular weight excluding hydrogens is 304 g/mol. The molecule has 1 aromatic heterocycles. The molecule has 1 aromatic rings. The lowest BCUT2D eigenvalue weighted by Crippen LogP contribution is -2.32. The quantitative estimate of drug-likeness (QED) is 0.581. The molecule has 1 aliphatic rings. The highest BCUT2D eigenvalue weighted by Crippen LogP contribution is 2.18. The Morgan fingerprint density at radius 3 is 2.64 bits per heavy atom. The van der Waals surface area contributed by atoms with Gasteiger partial charge in [0, 0.05) is 32.2 Å². The zero-order valence-corrected chi connectivity index (χ0v) is 13.4. The number of carbonyl (C=O) groups excluding carboxylic acids is 3. The van der Waals surface area contributed by atoms with E-state index in [1.807, 2.05) is 0 Å². The Kier molecular flexibility index (Phi) is 6.00. The van der Waals surface area contributed by atoms with Gasteiger partial charge in [-0.3, -0.25) is 19.3 Å². The van der Waals surface area contributed by atoms with Crippen molar-refractivity contribution >= 4 is 34.2 Å². The Bertz CT molecular complexity index is 542. The second-order valence-corrected chi connectivity index (χ2v) is 6.26. The zero-order valence-electron chi connectivity index (χ0n) is 12.6. The van der Waals surface area contributed by atoms with Crippen molar-refractivity contribution in [2.75, 3.05) is 11.9 Å². The highest BCUT2D eigenvalue weighted by Gasteiger charge is 2.28. The lowest BCUT2D eigenvalue weighted by atomic mass is 10.2. The maximum Gasteiger partial charge on any atom is 0.229 e. The average molecular weight is 324 g/mol. The molecular formula is C14H20N4O3S. The van der Waals surface area contributed by atoms with E-state index in [0.29, 0.717) is 5.13 Å². The number of nitrogens with one attached hydrogen (secondary N) is 1. The highest BCUT2D eigenvalue weighted by atomic mass is 32.1. The van der Waals surface area contributed by atoms with Crippen molar-refractivity contribution in [3.05, 3.63) is 5.01 Å². The smallest absolute Gasteiger partial charge is 0.229 e. The molecule has 0 spiro atoms. The monoisotopic (exact) mass is 324 g/mol. The van der Waals surface area contributed by atoms with Gasteiger partial charge in [-0.05, 0) is 6.42 Å². The zero-order chi connectivity index (χ0) is 15.9. The van der Waals surface area contributed by atoms with E-state index in [2.05, 4.69) is 22.4 Å². The molecule has 2 rings (SSSR count). The van der Waals surface area contributed by atoms with Gasteiger partial charge in [-0.15, -0.1) is 10.2 Å². The Hall–Kier alpha value is -1.83. The van der Waals surface area contributed by atoms with Crippen molar-refractivity contribution in [2.24, 2.45) is 0 Å². The number of hydrogen-bond acceptors (Lipinski definition) is 6. The number of aromatic nitrogens is 2. The number of rotatable bonds is 8. The minimum absolute atomic E-state index is 0.0855. The van der Waals surface area contributed by atoms with Crippen LogP contribution in [0, 0.1) is 0 Å². The van der Waals surface area contributed by atoms with Gasteiger partial charge in [-0.2, -0.15) is 0 Å². The number of likely N-dealkylation sites (tertiary alicyclic amines) is 1. The summed E-state index contributed by atoms with van der Waals surface area (Å²) in [5.41, 5.74) is 0. The molecule has 1 fully saturated rings. The minimum atomic E-state index is -0.260. The van der Waals surface area contributed by atoms with Crippen LogP contribution in [0.4, 0.5) is 5.13 Å². The number of amides is 3. The number of nitrogens with zero attached hydrogens (tertiary/aromatic N) is 3. The number of imide groups is 1. The van der Waals surface area contributed by atoms with Crippen LogP contribution in [0.15, 0.2) is 0 Å². The van der Waals surface area contributed by atoms with Crippen LogP contribution in [0.25, 0.3) is 0 Å². The summed E-state index contributed by atoms with van der Waals surface area (Å²) in [6.45, 7) is 2.27. The van der Waals surface area contributed by atoms with Gasteiger partial charge in [0.2, 0.25) is 22.9 Å². The van der Waals surface area contributed by atoms with Gasteiger partial charge in [0.05, 0.1) is 0 Å². The summed E-state index contributed by atoms with van der Waals surface area (Å²) in [6, 6.07) is 0. The van der Waals surface area contributed by atoms with Gasteiger partial charge < -0.3 is 5.32 Å². The van der Waals surface area contributed by atoms with Crippen molar-refractivity contribution in [3.8, 4) is 0 Å². The van der Waals surface area contributed by atoms with E-state index < -0.39 is 0 Å². The summed E-state index contributed by atoms with van der Waals surface area (Å²) in [6.07, 6.45) is 4.82. The fraction of sp³-hybridized carbons (Fsp3) is 0.643. The van der Waals surface area contributed by atoms with Gasteiger partial charge in [-0.1, -0.05) is 31.1 Å².